The van der Waals surface area contributed by atoms with Crippen LogP contribution in [0.4, 0.5) is 23.1 Å². The summed E-state index contributed by atoms with van der Waals surface area (Å²) < 4.78 is 4.71. The Bertz CT molecular complexity index is 935. The zero-order chi connectivity index (χ0) is 18.5. The fourth-order valence-corrected chi connectivity index (χ4v) is 2.37. The Morgan fingerprint density at radius 3 is 2.58 bits per heavy atom. The SMILES string of the molecule is COC(=O)c1ccc(Cl)c(Nc2cnnc(Nc3ccc(Cl)cc3)n2)c1. The number of methoxy groups -OCH3 is 1. The zero-order valence-corrected chi connectivity index (χ0v) is 15.0. The lowest BCUT2D eigenvalue weighted by atomic mass is 10.2. The van der Waals surface area contributed by atoms with Crippen LogP contribution in [0.1, 0.15) is 10.4 Å². The van der Waals surface area contributed by atoms with E-state index in [1.54, 1.807) is 42.5 Å². The van der Waals surface area contributed by atoms with Crippen LogP contribution in [0.5, 0.6) is 0 Å². The average Bonchev–Trinajstić information content (AvgIpc) is 2.65. The molecule has 0 radical (unpaired) electrons. The van der Waals surface area contributed by atoms with Crippen molar-refractivity contribution >= 4 is 52.3 Å². The summed E-state index contributed by atoms with van der Waals surface area (Å²) in [6.45, 7) is 0. The zero-order valence-electron chi connectivity index (χ0n) is 13.5. The number of nitrogens with zero attached hydrogens (tertiary/aromatic N) is 3. The molecule has 0 saturated carbocycles. The number of hydrogen-bond donors (Lipinski definition) is 2. The van der Waals surface area contributed by atoms with E-state index < -0.39 is 5.97 Å². The topological polar surface area (TPSA) is 89.0 Å². The summed E-state index contributed by atoms with van der Waals surface area (Å²) in [6, 6.07) is 11.8. The first-order valence-corrected chi connectivity index (χ1v) is 8.18. The molecule has 2 aromatic carbocycles. The lowest BCUT2D eigenvalue weighted by Crippen LogP contribution is -2.04. The highest BCUT2D eigenvalue weighted by Gasteiger charge is 2.10. The molecule has 1 heterocycles. The fraction of sp³-hybridized carbons (Fsp3) is 0.0588. The van der Waals surface area contributed by atoms with Crippen LogP contribution in [0, 0.1) is 0 Å². The molecular weight excluding hydrogens is 377 g/mol. The second-order valence-electron chi connectivity index (χ2n) is 5.11. The third-order valence-electron chi connectivity index (χ3n) is 3.31. The van der Waals surface area contributed by atoms with Crippen molar-refractivity contribution in [3.05, 3.63) is 64.3 Å². The van der Waals surface area contributed by atoms with Gasteiger partial charge in [0.1, 0.15) is 0 Å². The molecule has 0 aliphatic carbocycles. The average molecular weight is 390 g/mol. The first kappa shape index (κ1) is 17.9. The molecule has 0 unspecified atom stereocenters. The number of hydrogen-bond acceptors (Lipinski definition) is 7. The number of aromatic nitrogens is 3. The summed E-state index contributed by atoms with van der Waals surface area (Å²) in [5, 5.41) is 14.9. The van der Waals surface area contributed by atoms with Crippen LogP contribution in [0.3, 0.4) is 0 Å². The molecule has 0 saturated heterocycles. The van der Waals surface area contributed by atoms with Crippen LogP contribution in [0.25, 0.3) is 0 Å². The van der Waals surface area contributed by atoms with Crippen molar-refractivity contribution in [3.63, 3.8) is 0 Å². The van der Waals surface area contributed by atoms with E-state index in [0.717, 1.165) is 5.69 Å². The Balaban J connectivity index is 1.80. The fourth-order valence-electron chi connectivity index (χ4n) is 2.08. The summed E-state index contributed by atoms with van der Waals surface area (Å²) >= 11 is 12.0. The van der Waals surface area contributed by atoms with Gasteiger partial charge >= 0.3 is 5.97 Å². The third-order valence-corrected chi connectivity index (χ3v) is 3.89. The Labute approximate surface area is 159 Å². The molecule has 2 N–H and O–H groups in total. The molecule has 132 valence electrons. The van der Waals surface area contributed by atoms with Crippen LogP contribution in [0.2, 0.25) is 10.0 Å². The maximum absolute atomic E-state index is 11.7. The highest BCUT2D eigenvalue weighted by atomic mass is 35.5. The van der Waals surface area contributed by atoms with Gasteiger partial charge in [0.15, 0.2) is 5.82 Å². The minimum atomic E-state index is -0.462. The normalized spacial score (nSPS) is 10.3. The number of ether oxygens (including phenoxy) is 1. The number of anilines is 4. The van der Waals surface area contributed by atoms with Gasteiger partial charge in [-0.2, -0.15) is 10.1 Å². The summed E-state index contributed by atoms with van der Waals surface area (Å²) in [7, 11) is 1.31. The molecule has 7 nitrogen and oxygen atoms in total. The number of esters is 1. The summed E-state index contributed by atoms with van der Waals surface area (Å²) in [5.41, 5.74) is 1.62. The molecule has 1 aromatic heterocycles. The highest BCUT2D eigenvalue weighted by molar-refractivity contribution is 6.33. The minimum absolute atomic E-state index is 0.289. The minimum Gasteiger partial charge on any atom is -0.465 e. The first-order chi connectivity index (χ1) is 12.5. The van der Waals surface area contributed by atoms with Crippen molar-refractivity contribution in [2.24, 2.45) is 0 Å². The predicted molar refractivity (Wildman–Crippen MR) is 101 cm³/mol. The third kappa shape index (κ3) is 4.38. The maximum Gasteiger partial charge on any atom is 0.337 e. The maximum atomic E-state index is 11.7. The lowest BCUT2D eigenvalue weighted by Gasteiger charge is -2.10. The van der Waals surface area contributed by atoms with Crippen molar-refractivity contribution in [3.8, 4) is 0 Å². The Morgan fingerprint density at radius 1 is 1.08 bits per heavy atom. The molecule has 0 spiro atoms. The van der Waals surface area contributed by atoms with E-state index in [4.69, 9.17) is 27.9 Å². The smallest absolute Gasteiger partial charge is 0.337 e. The molecule has 9 heteroatoms. The largest absolute Gasteiger partial charge is 0.465 e. The summed E-state index contributed by atoms with van der Waals surface area (Å²) in [6.07, 6.45) is 1.44. The van der Waals surface area contributed by atoms with Crippen LogP contribution < -0.4 is 10.6 Å². The van der Waals surface area contributed by atoms with E-state index in [1.165, 1.54) is 13.3 Å². The van der Waals surface area contributed by atoms with Gasteiger partial charge in [-0.05, 0) is 42.5 Å². The highest BCUT2D eigenvalue weighted by Crippen LogP contribution is 2.26. The van der Waals surface area contributed by atoms with Gasteiger partial charge in [-0.1, -0.05) is 23.2 Å². The van der Waals surface area contributed by atoms with Crippen LogP contribution >= 0.6 is 23.2 Å². The Kier molecular flexibility index (Phi) is 5.50. The second kappa shape index (κ2) is 7.99. The number of nitrogens with one attached hydrogen (secondary N) is 2. The van der Waals surface area contributed by atoms with E-state index in [9.17, 15) is 4.79 Å². The molecular formula is C17H13Cl2N5O2. The molecule has 26 heavy (non-hydrogen) atoms. The van der Waals surface area contributed by atoms with Gasteiger partial charge in [0.2, 0.25) is 5.95 Å². The quantitative estimate of drug-likeness (QED) is 0.622. The number of rotatable bonds is 5. The van der Waals surface area contributed by atoms with E-state index in [-0.39, 0.29) is 5.95 Å². The molecule has 0 aliphatic heterocycles. The molecule has 0 amide bonds. The molecule has 0 fully saturated rings. The molecule has 0 atom stereocenters. The van der Waals surface area contributed by atoms with E-state index in [1.807, 2.05) is 0 Å². The van der Waals surface area contributed by atoms with Gasteiger partial charge in [-0.3, -0.25) is 0 Å². The Hall–Kier alpha value is -2.90. The summed E-state index contributed by atoms with van der Waals surface area (Å²) in [4.78, 5) is 16.0. The standard InChI is InChI=1S/C17H13Cl2N5O2/c1-26-16(25)10-2-7-13(19)14(8-10)22-15-9-20-24-17(23-15)21-12-5-3-11(18)4-6-12/h2-9H,1H3,(H2,21,22,23,24). The van der Waals surface area contributed by atoms with Crippen LogP contribution in [0.15, 0.2) is 48.7 Å². The lowest BCUT2D eigenvalue weighted by molar-refractivity contribution is 0.0601. The van der Waals surface area contributed by atoms with Gasteiger partial charge in [0, 0.05) is 10.7 Å². The summed E-state index contributed by atoms with van der Waals surface area (Å²) in [5.74, 6) is 0.230. The second-order valence-corrected chi connectivity index (χ2v) is 5.95. The number of carbonyl (C=O) groups excluding carboxylic acids is 1. The van der Waals surface area contributed by atoms with E-state index >= 15 is 0 Å². The van der Waals surface area contributed by atoms with Crippen molar-refractivity contribution < 1.29 is 9.53 Å². The van der Waals surface area contributed by atoms with Gasteiger partial charge in [-0.15, -0.1) is 5.10 Å². The monoisotopic (exact) mass is 389 g/mol. The van der Waals surface area contributed by atoms with Gasteiger partial charge < -0.3 is 15.4 Å². The number of halogens is 2. The van der Waals surface area contributed by atoms with Crippen LogP contribution in [-0.2, 0) is 4.74 Å². The molecule has 0 bridgehead atoms. The van der Waals surface area contributed by atoms with Crippen molar-refractivity contribution in [1.29, 1.82) is 0 Å². The first-order valence-electron chi connectivity index (χ1n) is 7.42. The van der Waals surface area contributed by atoms with Crippen molar-refractivity contribution in [2.45, 2.75) is 0 Å². The predicted octanol–water partition coefficient (Wildman–Crippen LogP) is 4.45. The van der Waals surface area contributed by atoms with Crippen LogP contribution in [-0.4, -0.2) is 28.3 Å². The van der Waals surface area contributed by atoms with Gasteiger partial charge in [0.05, 0.1) is 29.6 Å². The molecule has 0 aliphatic rings. The Morgan fingerprint density at radius 2 is 1.85 bits per heavy atom. The van der Waals surface area contributed by atoms with E-state index in [2.05, 4.69) is 25.8 Å². The van der Waals surface area contributed by atoms with Gasteiger partial charge in [-0.25, -0.2) is 4.79 Å². The van der Waals surface area contributed by atoms with Crippen molar-refractivity contribution in [2.75, 3.05) is 17.7 Å². The molecule has 3 rings (SSSR count). The van der Waals surface area contributed by atoms with E-state index in [0.29, 0.717) is 27.1 Å². The number of benzene rings is 2. The van der Waals surface area contributed by atoms with Gasteiger partial charge in [0.25, 0.3) is 0 Å². The molecule has 3 aromatic rings. The number of carbonyl (C=O) groups is 1. The van der Waals surface area contributed by atoms with Crippen molar-refractivity contribution in [1.82, 2.24) is 15.2 Å².